The Morgan fingerprint density at radius 3 is 2.89 bits per heavy atom. The largest absolute Gasteiger partial charge is 0.490 e. The number of nitriles is 1. The van der Waals surface area contributed by atoms with Crippen LogP contribution in [0.1, 0.15) is 50.3 Å². The zero-order valence-electron chi connectivity index (χ0n) is 15.6. The van der Waals surface area contributed by atoms with Gasteiger partial charge in [0.2, 0.25) is 0 Å². The van der Waals surface area contributed by atoms with Gasteiger partial charge in [0.15, 0.2) is 17.3 Å². The lowest BCUT2D eigenvalue weighted by molar-refractivity contribution is -0.132. The first-order chi connectivity index (χ1) is 13.1. The quantitative estimate of drug-likeness (QED) is 0.458. The van der Waals surface area contributed by atoms with Gasteiger partial charge < -0.3 is 14.0 Å². The Morgan fingerprint density at radius 2 is 2.15 bits per heavy atom. The van der Waals surface area contributed by atoms with E-state index in [1.807, 2.05) is 11.5 Å². The number of esters is 1. The monoisotopic (exact) mass is 366 g/mol. The van der Waals surface area contributed by atoms with Crippen LogP contribution in [-0.4, -0.2) is 27.3 Å². The maximum absolute atomic E-state index is 11.2. The summed E-state index contributed by atoms with van der Waals surface area (Å²) in [5, 5.41) is 18.2. The predicted octanol–water partition coefficient (Wildman–Crippen LogP) is 3.39. The Bertz CT molecular complexity index is 908. The Labute approximate surface area is 158 Å². The Balaban J connectivity index is 1.97. The van der Waals surface area contributed by atoms with Crippen molar-refractivity contribution in [2.45, 2.75) is 46.1 Å². The fourth-order valence-electron chi connectivity index (χ4n) is 3.12. The molecule has 1 aliphatic rings. The highest BCUT2D eigenvalue weighted by Gasteiger charge is 2.18. The van der Waals surface area contributed by atoms with E-state index >= 15 is 0 Å². The normalized spacial score (nSPS) is 14.0. The molecule has 7 heteroatoms. The van der Waals surface area contributed by atoms with Crippen molar-refractivity contribution in [2.75, 3.05) is 6.61 Å². The number of carbonyl (C=O) groups excluding carboxylic acids is 1. The number of fused-ring (bicyclic) bond motifs is 1. The van der Waals surface area contributed by atoms with Gasteiger partial charge in [0.05, 0.1) is 12.2 Å². The molecule has 1 aromatic heterocycles. The lowest BCUT2D eigenvalue weighted by Gasteiger charge is -2.10. The van der Waals surface area contributed by atoms with Gasteiger partial charge in [-0.05, 0) is 43.5 Å². The van der Waals surface area contributed by atoms with E-state index in [4.69, 9.17) is 9.47 Å². The molecule has 0 aliphatic carbocycles. The summed E-state index contributed by atoms with van der Waals surface area (Å²) in [5.74, 6) is 1.93. The number of hydrogen-bond donors (Lipinski definition) is 0. The van der Waals surface area contributed by atoms with E-state index < -0.39 is 5.97 Å². The van der Waals surface area contributed by atoms with E-state index in [2.05, 4.69) is 16.3 Å². The fraction of sp³-hybridized carbons (Fsp3) is 0.400. The Kier molecular flexibility index (Phi) is 5.87. The van der Waals surface area contributed by atoms with Crippen molar-refractivity contribution in [3.8, 4) is 17.6 Å². The van der Waals surface area contributed by atoms with Gasteiger partial charge in [0.1, 0.15) is 11.9 Å². The lowest BCUT2D eigenvalue weighted by atomic mass is 10.1. The van der Waals surface area contributed by atoms with E-state index in [0.717, 1.165) is 43.6 Å². The van der Waals surface area contributed by atoms with Crippen LogP contribution in [-0.2, 0) is 17.8 Å². The van der Waals surface area contributed by atoms with Gasteiger partial charge in [-0.15, -0.1) is 10.2 Å². The maximum atomic E-state index is 11.2. The molecule has 2 aromatic rings. The highest BCUT2D eigenvalue weighted by atomic mass is 16.6. The van der Waals surface area contributed by atoms with Gasteiger partial charge in [-0.2, -0.15) is 5.26 Å². The third kappa shape index (κ3) is 4.34. The first kappa shape index (κ1) is 18.6. The minimum Gasteiger partial charge on any atom is -0.490 e. The van der Waals surface area contributed by atoms with Gasteiger partial charge in [-0.1, -0.05) is 12.5 Å². The molecule has 0 radical (unpaired) electrons. The highest BCUT2D eigenvalue weighted by Crippen LogP contribution is 2.30. The van der Waals surface area contributed by atoms with E-state index in [1.165, 1.54) is 6.92 Å². The van der Waals surface area contributed by atoms with Crippen LogP contribution >= 0.6 is 0 Å². The summed E-state index contributed by atoms with van der Waals surface area (Å²) >= 11 is 0. The minimum absolute atomic E-state index is 0.358. The topological polar surface area (TPSA) is 90.0 Å². The molecule has 3 rings (SSSR count). The van der Waals surface area contributed by atoms with Crippen LogP contribution in [0.25, 0.3) is 11.6 Å². The second kappa shape index (κ2) is 8.49. The number of carbonyl (C=O) groups is 1. The molecule has 7 nitrogen and oxygen atoms in total. The molecule has 1 aliphatic heterocycles. The molecule has 1 aromatic carbocycles. The van der Waals surface area contributed by atoms with Gasteiger partial charge in [-0.25, -0.2) is 0 Å². The average molecular weight is 366 g/mol. The van der Waals surface area contributed by atoms with Gasteiger partial charge in [0, 0.05) is 19.9 Å². The van der Waals surface area contributed by atoms with Crippen molar-refractivity contribution in [3.05, 3.63) is 35.4 Å². The second-order valence-corrected chi connectivity index (χ2v) is 6.30. The molecule has 0 amide bonds. The van der Waals surface area contributed by atoms with Crippen molar-refractivity contribution in [1.29, 1.82) is 5.26 Å². The minimum atomic E-state index is -0.414. The molecule has 0 fully saturated rings. The van der Waals surface area contributed by atoms with E-state index in [0.29, 0.717) is 29.5 Å². The van der Waals surface area contributed by atoms with Crippen molar-refractivity contribution in [2.24, 2.45) is 0 Å². The van der Waals surface area contributed by atoms with Crippen LogP contribution in [0.2, 0.25) is 0 Å². The molecule has 0 saturated heterocycles. The summed E-state index contributed by atoms with van der Waals surface area (Å²) in [5.41, 5.74) is 1.20. The summed E-state index contributed by atoms with van der Waals surface area (Å²) in [4.78, 5) is 11.2. The standard InChI is InChI=1S/C20H22N4O3/c1-3-26-18-12-15(8-9-17(18)27-14(2)25)11-16(13-21)20-23-22-19-7-5-4-6-10-24(19)20/h8-9,11-12H,3-7,10H2,1-2H3/b16-11-. The van der Waals surface area contributed by atoms with Crippen LogP contribution in [0.5, 0.6) is 11.5 Å². The third-order valence-corrected chi connectivity index (χ3v) is 4.30. The molecular formula is C20H22N4O3. The number of hydrogen-bond acceptors (Lipinski definition) is 6. The molecular weight excluding hydrogens is 344 g/mol. The molecule has 0 N–H and O–H groups in total. The van der Waals surface area contributed by atoms with E-state index in [-0.39, 0.29) is 0 Å². The van der Waals surface area contributed by atoms with Crippen LogP contribution < -0.4 is 9.47 Å². The van der Waals surface area contributed by atoms with Gasteiger partial charge in [0.25, 0.3) is 0 Å². The zero-order chi connectivity index (χ0) is 19.2. The molecule has 0 bridgehead atoms. The summed E-state index contributed by atoms with van der Waals surface area (Å²) < 4.78 is 12.8. The van der Waals surface area contributed by atoms with Crippen molar-refractivity contribution < 1.29 is 14.3 Å². The molecule has 0 saturated carbocycles. The van der Waals surface area contributed by atoms with Gasteiger partial charge in [-0.3, -0.25) is 4.79 Å². The molecule has 0 atom stereocenters. The van der Waals surface area contributed by atoms with Crippen LogP contribution in [0, 0.1) is 11.3 Å². The molecule has 2 heterocycles. The molecule has 27 heavy (non-hydrogen) atoms. The lowest BCUT2D eigenvalue weighted by Crippen LogP contribution is -2.05. The fourth-order valence-corrected chi connectivity index (χ4v) is 3.12. The number of benzene rings is 1. The molecule has 140 valence electrons. The zero-order valence-corrected chi connectivity index (χ0v) is 15.6. The number of rotatable bonds is 5. The summed E-state index contributed by atoms with van der Waals surface area (Å²) in [6.07, 6.45) is 5.95. The average Bonchev–Trinajstić information content (AvgIpc) is 2.89. The van der Waals surface area contributed by atoms with Crippen molar-refractivity contribution >= 4 is 17.6 Å². The van der Waals surface area contributed by atoms with E-state index in [1.54, 1.807) is 24.3 Å². The first-order valence-corrected chi connectivity index (χ1v) is 9.12. The maximum Gasteiger partial charge on any atom is 0.308 e. The summed E-state index contributed by atoms with van der Waals surface area (Å²) in [7, 11) is 0. The predicted molar refractivity (Wildman–Crippen MR) is 100.0 cm³/mol. The second-order valence-electron chi connectivity index (χ2n) is 6.30. The molecule has 0 spiro atoms. The molecule has 0 unspecified atom stereocenters. The van der Waals surface area contributed by atoms with Crippen molar-refractivity contribution in [1.82, 2.24) is 14.8 Å². The number of nitrogens with zero attached hydrogens (tertiary/aromatic N) is 4. The Hall–Kier alpha value is -3.14. The summed E-state index contributed by atoms with van der Waals surface area (Å²) in [6.45, 7) is 4.46. The highest BCUT2D eigenvalue weighted by molar-refractivity contribution is 5.87. The summed E-state index contributed by atoms with van der Waals surface area (Å²) in [6, 6.07) is 7.42. The third-order valence-electron chi connectivity index (χ3n) is 4.30. The first-order valence-electron chi connectivity index (χ1n) is 9.12. The number of aromatic nitrogens is 3. The number of allylic oxidation sites excluding steroid dienone is 1. The number of aryl methyl sites for hydroxylation is 1. The van der Waals surface area contributed by atoms with Gasteiger partial charge >= 0.3 is 5.97 Å². The SMILES string of the molecule is CCOc1cc(/C=C(/C#N)c2nnc3n2CCCCC3)ccc1OC(C)=O. The smallest absolute Gasteiger partial charge is 0.308 e. The number of ether oxygens (including phenoxy) is 2. The van der Waals surface area contributed by atoms with Crippen LogP contribution in [0.3, 0.4) is 0 Å². The Morgan fingerprint density at radius 1 is 1.30 bits per heavy atom. The van der Waals surface area contributed by atoms with Crippen molar-refractivity contribution in [3.63, 3.8) is 0 Å². The van der Waals surface area contributed by atoms with E-state index in [9.17, 15) is 10.1 Å². The van der Waals surface area contributed by atoms with Crippen LogP contribution in [0.15, 0.2) is 18.2 Å². The van der Waals surface area contributed by atoms with Crippen LogP contribution in [0.4, 0.5) is 0 Å².